The smallest absolute Gasteiger partial charge is 0.325 e. The molecular weight excluding hydrogens is 372 g/mol. The first-order chi connectivity index (χ1) is 12.5. The Bertz CT molecular complexity index is 865. The van der Waals surface area contributed by atoms with Crippen LogP contribution in [0.15, 0.2) is 18.2 Å². The molecule has 0 aromatic heterocycles. The van der Waals surface area contributed by atoms with E-state index in [4.69, 9.17) is 4.74 Å². The third kappa shape index (κ3) is 6.06. The second kappa shape index (κ2) is 8.08. The second-order valence-corrected chi connectivity index (χ2v) is 9.28. The van der Waals surface area contributed by atoms with Crippen molar-refractivity contribution in [3.8, 4) is 0 Å². The number of hydrogen-bond donors (Lipinski definition) is 2. The summed E-state index contributed by atoms with van der Waals surface area (Å²) in [6, 6.07) is 5.20. The average Bonchev–Trinajstić information content (AvgIpc) is 2.86. The summed E-state index contributed by atoms with van der Waals surface area (Å²) in [4.78, 5) is 35.6. The lowest BCUT2D eigenvalue weighted by atomic mass is 10.0. The molecule has 9 heteroatoms. The molecule has 1 fully saturated rings. The number of sulfone groups is 1. The number of amides is 2. The first kappa shape index (κ1) is 20.9. The largest absolute Gasteiger partial charge is 0.454 e. The summed E-state index contributed by atoms with van der Waals surface area (Å²) in [6.45, 7) is 4.55. The fourth-order valence-corrected chi connectivity index (χ4v) is 4.91. The van der Waals surface area contributed by atoms with Crippen LogP contribution in [0.3, 0.4) is 0 Å². The van der Waals surface area contributed by atoms with E-state index in [2.05, 4.69) is 10.6 Å². The maximum Gasteiger partial charge on any atom is 0.325 e. The van der Waals surface area contributed by atoms with Gasteiger partial charge in [0.05, 0.1) is 17.0 Å². The van der Waals surface area contributed by atoms with Gasteiger partial charge in [0, 0.05) is 5.56 Å². The monoisotopic (exact) mass is 396 g/mol. The highest BCUT2D eigenvalue weighted by molar-refractivity contribution is 7.91. The van der Waals surface area contributed by atoms with Gasteiger partial charge in [-0.1, -0.05) is 6.07 Å². The van der Waals surface area contributed by atoms with E-state index >= 15 is 0 Å². The van der Waals surface area contributed by atoms with Crippen LogP contribution >= 0.6 is 0 Å². The predicted molar refractivity (Wildman–Crippen MR) is 99.0 cm³/mol. The lowest BCUT2D eigenvalue weighted by molar-refractivity contribution is -0.147. The molecule has 2 amide bonds. The van der Waals surface area contributed by atoms with Crippen molar-refractivity contribution >= 4 is 27.6 Å². The van der Waals surface area contributed by atoms with Crippen LogP contribution in [0.25, 0.3) is 0 Å². The van der Waals surface area contributed by atoms with Crippen LogP contribution in [0.2, 0.25) is 0 Å². The highest BCUT2D eigenvalue weighted by atomic mass is 32.2. The van der Waals surface area contributed by atoms with Crippen LogP contribution in [-0.2, 0) is 24.2 Å². The van der Waals surface area contributed by atoms with E-state index in [0.29, 0.717) is 12.0 Å². The van der Waals surface area contributed by atoms with Crippen LogP contribution < -0.4 is 10.6 Å². The van der Waals surface area contributed by atoms with Crippen molar-refractivity contribution in [2.75, 3.05) is 24.7 Å². The van der Waals surface area contributed by atoms with E-state index < -0.39 is 39.8 Å². The highest BCUT2D eigenvalue weighted by Crippen LogP contribution is 2.22. The number of benzene rings is 1. The predicted octanol–water partition coefficient (Wildman–Crippen LogP) is 0.270. The summed E-state index contributed by atoms with van der Waals surface area (Å²) >= 11 is 0. The van der Waals surface area contributed by atoms with Crippen molar-refractivity contribution in [3.05, 3.63) is 34.9 Å². The maximum atomic E-state index is 12.0. The average molecular weight is 396 g/mol. The first-order valence-corrected chi connectivity index (χ1v) is 10.3. The molecule has 0 unspecified atom stereocenters. The lowest BCUT2D eigenvalue weighted by Crippen LogP contribution is -2.48. The molecule has 2 rings (SSSR count). The van der Waals surface area contributed by atoms with Crippen molar-refractivity contribution in [1.82, 2.24) is 10.6 Å². The first-order valence-electron chi connectivity index (χ1n) is 8.52. The van der Waals surface area contributed by atoms with Gasteiger partial charge in [0.1, 0.15) is 6.54 Å². The van der Waals surface area contributed by atoms with Crippen molar-refractivity contribution in [2.24, 2.45) is 0 Å². The van der Waals surface area contributed by atoms with Crippen LogP contribution in [-0.4, -0.2) is 56.4 Å². The van der Waals surface area contributed by atoms with E-state index in [1.165, 1.54) is 0 Å². The van der Waals surface area contributed by atoms with Crippen molar-refractivity contribution < 1.29 is 27.5 Å². The second-order valence-electron chi connectivity index (χ2n) is 7.09. The number of aryl methyl sites for hydroxylation is 2. The van der Waals surface area contributed by atoms with Gasteiger partial charge in [0.15, 0.2) is 16.4 Å². The molecule has 1 heterocycles. The number of carbonyl (C=O) groups is 3. The zero-order valence-electron chi connectivity index (χ0n) is 15.6. The standard InChI is InChI=1S/C18H24N2O6S/c1-12-4-5-14(8-13(12)2)17(23)19-9-16(22)26-10-15(21)20-18(3)6-7-27(24,25)11-18/h4-5,8H,6-7,9-11H2,1-3H3,(H,19,23)(H,20,21)/t18-/m1/s1. The third-order valence-electron chi connectivity index (χ3n) is 4.47. The minimum atomic E-state index is -3.15. The summed E-state index contributed by atoms with van der Waals surface area (Å²) in [5.74, 6) is -1.86. The van der Waals surface area contributed by atoms with Crippen molar-refractivity contribution in [2.45, 2.75) is 32.7 Å². The molecule has 1 aromatic carbocycles. The van der Waals surface area contributed by atoms with E-state index in [1.807, 2.05) is 19.9 Å². The number of esters is 1. The molecule has 1 atom stereocenters. The highest BCUT2D eigenvalue weighted by Gasteiger charge is 2.39. The Balaban J connectivity index is 1.75. The van der Waals surface area contributed by atoms with Gasteiger partial charge in [-0.25, -0.2) is 8.42 Å². The molecule has 0 radical (unpaired) electrons. The molecule has 0 saturated carbocycles. The minimum absolute atomic E-state index is 0.0219. The van der Waals surface area contributed by atoms with Crippen LogP contribution in [0.4, 0.5) is 0 Å². The Kier molecular flexibility index (Phi) is 6.25. The van der Waals surface area contributed by atoms with Gasteiger partial charge in [-0.3, -0.25) is 14.4 Å². The van der Waals surface area contributed by atoms with Crippen LogP contribution in [0.1, 0.15) is 34.8 Å². The SMILES string of the molecule is Cc1ccc(C(=O)NCC(=O)OCC(=O)N[C@]2(C)CCS(=O)(=O)C2)cc1C. The quantitative estimate of drug-likeness (QED) is 0.667. The van der Waals surface area contributed by atoms with Gasteiger partial charge in [0.2, 0.25) is 0 Å². The van der Waals surface area contributed by atoms with Crippen molar-refractivity contribution in [3.63, 3.8) is 0 Å². The zero-order chi connectivity index (χ0) is 20.2. The molecule has 1 aliphatic rings. The maximum absolute atomic E-state index is 12.0. The Morgan fingerprint density at radius 2 is 1.89 bits per heavy atom. The number of hydrogen-bond acceptors (Lipinski definition) is 6. The lowest BCUT2D eigenvalue weighted by Gasteiger charge is -2.23. The summed E-state index contributed by atoms with van der Waals surface area (Å²) < 4.78 is 27.9. The summed E-state index contributed by atoms with van der Waals surface area (Å²) in [7, 11) is -3.15. The molecular formula is C18H24N2O6S. The Hall–Kier alpha value is -2.42. The number of nitrogens with one attached hydrogen (secondary N) is 2. The summed E-state index contributed by atoms with van der Waals surface area (Å²) in [6.07, 6.45) is 0.320. The van der Waals surface area contributed by atoms with E-state index in [9.17, 15) is 22.8 Å². The van der Waals surface area contributed by atoms with Crippen LogP contribution in [0.5, 0.6) is 0 Å². The number of ether oxygens (including phenoxy) is 1. The van der Waals surface area contributed by atoms with E-state index in [0.717, 1.165) is 11.1 Å². The van der Waals surface area contributed by atoms with Gasteiger partial charge in [-0.05, 0) is 50.5 Å². The third-order valence-corrected chi connectivity index (χ3v) is 6.37. The Morgan fingerprint density at radius 1 is 1.19 bits per heavy atom. The van der Waals surface area contributed by atoms with E-state index in [-0.39, 0.29) is 18.1 Å². The van der Waals surface area contributed by atoms with Gasteiger partial charge in [0.25, 0.3) is 11.8 Å². The molecule has 1 aromatic rings. The minimum Gasteiger partial charge on any atom is -0.454 e. The van der Waals surface area contributed by atoms with Gasteiger partial charge in [-0.15, -0.1) is 0 Å². The molecule has 8 nitrogen and oxygen atoms in total. The Labute approximate surface area is 158 Å². The summed E-state index contributed by atoms with van der Waals surface area (Å²) in [5.41, 5.74) is 1.60. The van der Waals surface area contributed by atoms with Crippen LogP contribution in [0, 0.1) is 13.8 Å². The topological polar surface area (TPSA) is 119 Å². The summed E-state index contributed by atoms with van der Waals surface area (Å²) in [5, 5.41) is 5.02. The molecule has 1 aliphatic heterocycles. The fraction of sp³-hybridized carbons (Fsp3) is 0.500. The molecule has 1 saturated heterocycles. The van der Waals surface area contributed by atoms with Crippen molar-refractivity contribution in [1.29, 1.82) is 0 Å². The Morgan fingerprint density at radius 3 is 2.48 bits per heavy atom. The van der Waals surface area contributed by atoms with Gasteiger partial charge in [-0.2, -0.15) is 0 Å². The number of carbonyl (C=O) groups excluding carboxylic acids is 3. The molecule has 0 spiro atoms. The van der Waals surface area contributed by atoms with Gasteiger partial charge >= 0.3 is 5.97 Å². The molecule has 0 aliphatic carbocycles. The fourth-order valence-electron chi connectivity index (χ4n) is 2.82. The molecule has 148 valence electrons. The number of rotatable bonds is 6. The molecule has 2 N–H and O–H groups in total. The zero-order valence-corrected chi connectivity index (χ0v) is 16.4. The van der Waals surface area contributed by atoms with E-state index in [1.54, 1.807) is 19.1 Å². The van der Waals surface area contributed by atoms with Gasteiger partial charge < -0.3 is 15.4 Å². The normalized spacial score (nSPS) is 20.7. The molecule has 27 heavy (non-hydrogen) atoms. The molecule has 0 bridgehead atoms.